The van der Waals surface area contributed by atoms with Gasteiger partial charge in [0.15, 0.2) is 16.6 Å². The average Bonchev–Trinajstić information content (AvgIpc) is 2.63. The van der Waals surface area contributed by atoms with Crippen molar-refractivity contribution in [3.8, 4) is 11.5 Å². The molecule has 0 saturated carbocycles. The highest BCUT2D eigenvalue weighted by molar-refractivity contribution is 7.99. The third kappa shape index (κ3) is 5.54. The van der Waals surface area contributed by atoms with Crippen LogP contribution in [0.25, 0.3) is 0 Å². The minimum absolute atomic E-state index is 0.581. The van der Waals surface area contributed by atoms with E-state index in [1.807, 2.05) is 30.0 Å². The fourth-order valence-electron chi connectivity index (χ4n) is 2.40. The van der Waals surface area contributed by atoms with Gasteiger partial charge in [0.05, 0.1) is 0 Å². The zero-order valence-corrected chi connectivity index (χ0v) is 15.8. The Labute approximate surface area is 158 Å². The van der Waals surface area contributed by atoms with Crippen LogP contribution in [0.1, 0.15) is 12.0 Å². The standard InChI is InChI=1S/C19H22N2O2S2/c1-14-3-6-16(7-4-14)25-12-2-9-20-19(24)21-15-5-8-17-18(13-15)23-11-10-22-17/h3-8,13H,2,9-12H2,1H3,(H2,20,21,24). The molecular weight excluding hydrogens is 352 g/mol. The zero-order valence-electron chi connectivity index (χ0n) is 14.2. The fourth-order valence-corrected chi connectivity index (χ4v) is 3.47. The predicted octanol–water partition coefficient (Wildman–Crippen LogP) is 4.24. The van der Waals surface area contributed by atoms with Gasteiger partial charge in [0.25, 0.3) is 0 Å². The topological polar surface area (TPSA) is 42.5 Å². The Bertz CT molecular complexity index is 720. The lowest BCUT2D eigenvalue weighted by Crippen LogP contribution is -2.29. The number of thioether (sulfide) groups is 1. The van der Waals surface area contributed by atoms with E-state index in [0.29, 0.717) is 18.3 Å². The van der Waals surface area contributed by atoms with Crippen molar-refractivity contribution >= 4 is 34.8 Å². The maximum atomic E-state index is 5.58. The maximum Gasteiger partial charge on any atom is 0.170 e. The molecule has 25 heavy (non-hydrogen) atoms. The van der Waals surface area contributed by atoms with E-state index in [2.05, 4.69) is 41.8 Å². The molecule has 0 saturated heterocycles. The van der Waals surface area contributed by atoms with Gasteiger partial charge in [0.1, 0.15) is 13.2 Å². The first-order chi connectivity index (χ1) is 12.2. The fraction of sp³-hybridized carbons (Fsp3) is 0.316. The minimum Gasteiger partial charge on any atom is -0.486 e. The second-order valence-corrected chi connectivity index (χ2v) is 7.33. The lowest BCUT2D eigenvalue weighted by molar-refractivity contribution is 0.171. The van der Waals surface area contributed by atoms with Crippen LogP contribution in [-0.4, -0.2) is 30.6 Å². The van der Waals surface area contributed by atoms with E-state index >= 15 is 0 Å². The Morgan fingerprint density at radius 3 is 2.64 bits per heavy atom. The summed E-state index contributed by atoms with van der Waals surface area (Å²) in [5, 5.41) is 7.05. The summed E-state index contributed by atoms with van der Waals surface area (Å²) in [7, 11) is 0. The van der Waals surface area contributed by atoms with Crippen LogP contribution >= 0.6 is 24.0 Å². The van der Waals surface area contributed by atoms with Gasteiger partial charge in [-0.2, -0.15) is 0 Å². The summed E-state index contributed by atoms with van der Waals surface area (Å²) in [6, 6.07) is 14.4. The number of rotatable bonds is 6. The van der Waals surface area contributed by atoms with Gasteiger partial charge in [-0.25, -0.2) is 0 Å². The normalized spacial score (nSPS) is 12.5. The Morgan fingerprint density at radius 1 is 1.08 bits per heavy atom. The highest BCUT2D eigenvalue weighted by Gasteiger charge is 2.11. The van der Waals surface area contributed by atoms with Crippen molar-refractivity contribution in [2.24, 2.45) is 0 Å². The van der Waals surface area contributed by atoms with Gasteiger partial charge in [-0.05, 0) is 55.6 Å². The molecule has 0 spiro atoms. The van der Waals surface area contributed by atoms with Gasteiger partial charge >= 0.3 is 0 Å². The highest BCUT2D eigenvalue weighted by atomic mass is 32.2. The van der Waals surface area contributed by atoms with E-state index in [0.717, 1.165) is 35.9 Å². The van der Waals surface area contributed by atoms with Crippen LogP contribution in [0.15, 0.2) is 47.4 Å². The highest BCUT2D eigenvalue weighted by Crippen LogP contribution is 2.32. The van der Waals surface area contributed by atoms with Crippen LogP contribution in [0.4, 0.5) is 5.69 Å². The number of fused-ring (bicyclic) bond motifs is 1. The molecule has 2 N–H and O–H groups in total. The number of benzene rings is 2. The first-order valence-electron chi connectivity index (χ1n) is 8.35. The average molecular weight is 375 g/mol. The van der Waals surface area contributed by atoms with Crippen LogP contribution in [0.2, 0.25) is 0 Å². The van der Waals surface area contributed by atoms with E-state index in [9.17, 15) is 0 Å². The molecule has 0 fully saturated rings. The number of thiocarbonyl (C=S) groups is 1. The molecule has 1 aliphatic heterocycles. The van der Waals surface area contributed by atoms with Crippen LogP contribution in [0, 0.1) is 6.92 Å². The van der Waals surface area contributed by atoms with Gasteiger partial charge in [0, 0.05) is 23.2 Å². The van der Waals surface area contributed by atoms with Gasteiger partial charge < -0.3 is 20.1 Å². The monoisotopic (exact) mass is 374 g/mol. The van der Waals surface area contributed by atoms with Crippen molar-refractivity contribution in [3.63, 3.8) is 0 Å². The minimum atomic E-state index is 0.581. The van der Waals surface area contributed by atoms with E-state index in [1.165, 1.54) is 10.5 Å². The van der Waals surface area contributed by atoms with Gasteiger partial charge in [-0.15, -0.1) is 11.8 Å². The van der Waals surface area contributed by atoms with Gasteiger partial charge in [-0.3, -0.25) is 0 Å². The molecule has 6 heteroatoms. The predicted molar refractivity (Wildman–Crippen MR) is 108 cm³/mol. The smallest absolute Gasteiger partial charge is 0.170 e. The zero-order chi connectivity index (χ0) is 17.5. The lowest BCUT2D eigenvalue weighted by Gasteiger charge is -2.19. The second kappa shape index (κ2) is 8.97. The summed E-state index contributed by atoms with van der Waals surface area (Å²) >= 11 is 7.21. The molecule has 1 aliphatic rings. The summed E-state index contributed by atoms with van der Waals surface area (Å²) in [5.41, 5.74) is 2.19. The van der Waals surface area contributed by atoms with E-state index < -0.39 is 0 Å². The molecule has 0 aromatic heterocycles. The van der Waals surface area contributed by atoms with E-state index in [4.69, 9.17) is 21.7 Å². The van der Waals surface area contributed by atoms with Crippen molar-refractivity contribution in [2.75, 3.05) is 30.8 Å². The van der Waals surface area contributed by atoms with E-state index in [-0.39, 0.29) is 0 Å². The first kappa shape index (κ1) is 17.9. The largest absolute Gasteiger partial charge is 0.486 e. The van der Waals surface area contributed by atoms with Crippen molar-refractivity contribution in [1.29, 1.82) is 0 Å². The first-order valence-corrected chi connectivity index (χ1v) is 9.74. The Kier molecular flexibility index (Phi) is 6.42. The van der Waals surface area contributed by atoms with Crippen molar-refractivity contribution < 1.29 is 9.47 Å². The summed E-state index contributed by atoms with van der Waals surface area (Å²) in [4.78, 5) is 1.31. The molecule has 3 rings (SSSR count). The molecule has 4 nitrogen and oxygen atoms in total. The quantitative estimate of drug-likeness (QED) is 0.448. The van der Waals surface area contributed by atoms with Crippen molar-refractivity contribution in [1.82, 2.24) is 5.32 Å². The second-order valence-electron chi connectivity index (χ2n) is 5.75. The number of anilines is 1. The van der Waals surface area contributed by atoms with Gasteiger partial charge in [0.2, 0.25) is 0 Å². The van der Waals surface area contributed by atoms with E-state index in [1.54, 1.807) is 0 Å². The number of nitrogens with one attached hydrogen (secondary N) is 2. The number of hydrogen-bond acceptors (Lipinski definition) is 4. The molecule has 0 atom stereocenters. The van der Waals surface area contributed by atoms with Gasteiger partial charge in [-0.1, -0.05) is 17.7 Å². The molecule has 0 bridgehead atoms. The molecule has 2 aromatic rings. The number of aryl methyl sites for hydroxylation is 1. The molecule has 1 heterocycles. The Morgan fingerprint density at radius 2 is 1.84 bits per heavy atom. The molecule has 0 aliphatic carbocycles. The summed E-state index contributed by atoms with van der Waals surface area (Å²) < 4.78 is 11.1. The SMILES string of the molecule is Cc1ccc(SCCCNC(=S)Nc2ccc3c(c2)OCCO3)cc1. The summed E-state index contributed by atoms with van der Waals surface area (Å²) in [5.74, 6) is 2.60. The van der Waals surface area contributed by atoms with Crippen LogP contribution in [-0.2, 0) is 0 Å². The molecule has 0 amide bonds. The van der Waals surface area contributed by atoms with Crippen molar-refractivity contribution in [2.45, 2.75) is 18.2 Å². The number of hydrogen-bond donors (Lipinski definition) is 2. The third-order valence-corrected chi connectivity index (χ3v) is 5.04. The third-order valence-electron chi connectivity index (χ3n) is 3.70. The molecule has 132 valence electrons. The number of ether oxygens (including phenoxy) is 2. The maximum absolute atomic E-state index is 5.58. The molecule has 0 unspecified atom stereocenters. The lowest BCUT2D eigenvalue weighted by atomic mass is 10.2. The molecule has 2 aromatic carbocycles. The molecular formula is C19H22N2O2S2. The molecule has 0 radical (unpaired) electrons. The Hall–Kier alpha value is -1.92. The Balaban J connectivity index is 1.36. The summed E-state index contributed by atoms with van der Waals surface area (Å²) in [6.45, 7) is 4.13. The summed E-state index contributed by atoms with van der Waals surface area (Å²) in [6.07, 6.45) is 1.04. The van der Waals surface area contributed by atoms with Crippen LogP contribution in [0.5, 0.6) is 11.5 Å². The van der Waals surface area contributed by atoms with Crippen LogP contribution in [0.3, 0.4) is 0 Å². The van der Waals surface area contributed by atoms with Crippen LogP contribution < -0.4 is 20.1 Å². The van der Waals surface area contributed by atoms with Crippen molar-refractivity contribution in [3.05, 3.63) is 48.0 Å².